The van der Waals surface area contributed by atoms with Crippen molar-refractivity contribution in [3.8, 4) is 0 Å². The molecule has 1 saturated carbocycles. The van der Waals surface area contributed by atoms with Crippen LogP contribution in [0.3, 0.4) is 0 Å². The van der Waals surface area contributed by atoms with Gasteiger partial charge in [-0.05, 0) is 55.1 Å². The molecule has 1 aromatic rings. The van der Waals surface area contributed by atoms with Gasteiger partial charge in [0.1, 0.15) is 0 Å². The second-order valence-electron chi connectivity index (χ2n) is 6.88. The van der Waals surface area contributed by atoms with Gasteiger partial charge < -0.3 is 5.73 Å². The normalized spacial score (nSPS) is 24.8. The first-order chi connectivity index (χ1) is 8.46. The van der Waals surface area contributed by atoms with Gasteiger partial charge in [-0.1, -0.05) is 44.5 Å². The van der Waals surface area contributed by atoms with Crippen LogP contribution in [0.15, 0.2) is 24.3 Å². The van der Waals surface area contributed by atoms with Crippen LogP contribution in [0.2, 0.25) is 0 Å². The molecule has 0 saturated heterocycles. The Morgan fingerprint density at radius 1 is 1.39 bits per heavy atom. The molecule has 1 aromatic carbocycles. The molecule has 0 bridgehead atoms. The highest BCUT2D eigenvalue weighted by Gasteiger charge is 2.28. The second kappa shape index (κ2) is 5.44. The van der Waals surface area contributed by atoms with Crippen molar-refractivity contribution in [2.45, 2.75) is 64.8 Å². The summed E-state index contributed by atoms with van der Waals surface area (Å²) in [7, 11) is 0. The summed E-state index contributed by atoms with van der Waals surface area (Å²) in [4.78, 5) is 0. The Morgan fingerprint density at radius 3 is 2.83 bits per heavy atom. The third-order valence-corrected chi connectivity index (χ3v) is 4.19. The molecule has 2 unspecified atom stereocenters. The zero-order valence-electron chi connectivity index (χ0n) is 12.1. The van der Waals surface area contributed by atoms with Crippen LogP contribution in [-0.4, -0.2) is 6.04 Å². The number of hydrogen-bond donors (Lipinski definition) is 1. The summed E-state index contributed by atoms with van der Waals surface area (Å²) in [6.45, 7) is 6.90. The lowest BCUT2D eigenvalue weighted by Gasteiger charge is -2.35. The maximum atomic E-state index is 5.90. The van der Waals surface area contributed by atoms with E-state index in [-0.39, 0.29) is 6.04 Å². The lowest BCUT2D eigenvalue weighted by atomic mass is 9.70. The Hall–Kier alpha value is -0.820. The summed E-state index contributed by atoms with van der Waals surface area (Å²) in [5.41, 5.74) is 9.33. The monoisotopic (exact) mass is 245 g/mol. The molecule has 0 aromatic heterocycles. The molecular formula is C17H27N. The molecule has 0 amide bonds. The van der Waals surface area contributed by atoms with Crippen molar-refractivity contribution in [3.05, 3.63) is 35.4 Å². The van der Waals surface area contributed by atoms with Gasteiger partial charge in [-0.25, -0.2) is 0 Å². The van der Waals surface area contributed by atoms with E-state index in [1.165, 1.54) is 36.8 Å². The second-order valence-corrected chi connectivity index (χ2v) is 6.88. The molecule has 0 heterocycles. The Morgan fingerprint density at radius 2 is 2.17 bits per heavy atom. The maximum Gasteiger partial charge on any atom is 0.00509 e. The summed E-state index contributed by atoms with van der Waals surface area (Å²) >= 11 is 0. The molecule has 18 heavy (non-hydrogen) atoms. The van der Waals surface area contributed by atoms with Crippen molar-refractivity contribution in [1.82, 2.24) is 0 Å². The van der Waals surface area contributed by atoms with Gasteiger partial charge in [-0.15, -0.1) is 0 Å². The Labute approximate surface area is 112 Å². The lowest BCUT2D eigenvalue weighted by molar-refractivity contribution is 0.219. The van der Waals surface area contributed by atoms with E-state index in [1.54, 1.807) is 0 Å². The minimum absolute atomic E-state index is 0.253. The molecule has 1 heteroatoms. The first-order valence-corrected chi connectivity index (χ1v) is 7.31. The fourth-order valence-electron chi connectivity index (χ4n) is 3.33. The fourth-order valence-corrected chi connectivity index (χ4v) is 3.33. The van der Waals surface area contributed by atoms with Crippen LogP contribution in [0.5, 0.6) is 0 Å². The summed E-state index contributed by atoms with van der Waals surface area (Å²) in [6.07, 6.45) is 6.42. The first kappa shape index (κ1) is 13.6. The smallest absolute Gasteiger partial charge is 0.00509 e. The predicted molar refractivity (Wildman–Crippen MR) is 78.8 cm³/mol. The number of rotatable bonds is 3. The minimum Gasteiger partial charge on any atom is -0.328 e. The van der Waals surface area contributed by atoms with Crippen LogP contribution >= 0.6 is 0 Å². The number of benzene rings is 1. The summed E-state index contributed by atoms with van der Waals surface area (Å²) < 4.78 is 0. The van der Waals surface area contributed by atoms with E-state index < -0.39 is 0 Å². The highest BCUT2D eigenvalue weighted by atomic mass is 14.6. The van der Waals surface area contributed by atoms with E-state index in [0.29, 0.717) is 5.41 Å². The van der Waals surface area contributed by atoms with E-state index in [1.807, 2.05) is 0 Å². The van der Waals surface area contributed by atoms with Crippen molar-refractivity contribution < 1.29 is 0 Å². The van der Waals surface area contributed by atoms with Crippen molar-refractivity contribution in [2.75, 3.05) is 0 Å². The largest absolute Gasteiger partial charge is 0.328 e. The van der Waals surface area contributed by atoms with Gasteiger partial charge in [0.05, 0.1) is 0 Å². The standard InChI is InChI=1S/C17H27N/c1-13(18)10-14-6-4-7-15(11-14)16-8-5-9-17(2,3)12-16/h4,6-7,11,13,16H,5,8-10,12,18H2,1-3H3. The molecule has 0 aliphatic heterocycles. The van der Waals surface area contributed by atoms with Crippen LogP contribution in [0.4, 0.5) is 0 Å². The number of nitrogens with two attached hydrogens (primary N) is 1. The summed E-state index contributed by atoms with van der Waals surface area (Å²) in [5.74, 6) is 0.752. The van der Waals surface area contributed by atoms with Crippen molar-refractivity contribution in [1.29, 1.82) is 0 Å². The molecule has 0 radical (unpaired) electrons. The zero-order chi connectivity index (χ0) is 13.2. The Balaban J connectivity index is 2.12. The molecular weight excluding hydrogens is 218 g/mol. The quantitative estimate of drug-likeness (QED) is 0.846. The van der Waals surface area contributed by atoms with Crippen molar-refractivity contribution >= 4 is 0 Å². The third-order valence-electron chi connectivity index (χ3n) is 4.19. The van der Waals surface area contributed by atoms with Crippen molar-refractivity contribution in [3.63, 3.8) is 0 Å². The molecule has 1 nitrogen and oxygen atoms in total. The molecule has 2 N–H and O–H groups in total. The predicted octanol–water partition coefficient (Wildman–Crippen LogP) is 4.26. The van der Waals surface area contributed by atoms with Crippen LogP contribution < -0.4 is 5.73 Å². The van der Waals surface area contributed by atoms with Gasteiger partial charge in [0.15, 0.2) is 0 Å². The summed E-state index contributed by atoms with van der Waals surface area (Å²) in [6, 6.07) is 9.35. The average molecular weight is 245 g/mol. The summed E-state index contributed by atoms with van der Waals surface area (Å²) in [5, 5.41) is 0. The first-order valence-electron chi connectivity index (χ1n) is 7.31. The average Bonchev–Trinajstić information content (AvgIpc) is 2.27. The van der Waals surface area contributed by atoms with Crippen LogP contribution in [0.25, 0.3) is 0 Å². The fraction of sp³-hybridized carbons (Fsp3) is 0.647. The number of hydrogen-bond acceptors (Lipinski definition) is 1. The molecule has 1 aliphatic carbocycles. The van der Waals surface area contributed by atoms with E-state index in [2.05, 4.69) is 45.0 Å². The highest BCUT2D eigenvalue weighted by molar-refractivity contribution is 5.27. The van der Waals surface area contributed by atoms with Gasteiger partial charge in [0, 0.05) is 6.04 Å². The molecule has 1 fully saturated rings. The Kier molecular flexibility index (Phi) is 4.11. The minimum atomic E-state index is 0.253. The topological polar surface area (TPSA) is 26.0 Å². The van der Waals surface area contributed by atoms with E-state index in [0.717, 1.165) is 12.3 Å². The van der Waals surface area contributed by atoms with Gasteiger partial charge in [-0.3, -0.25) is 0 Å². The van der Waals surface area contributed by atoms with E-state index >= 15 is 0 Å². The third kappa shape index (κ3) is 3.58. The molecule has 1 aliphatic rings. The van der Waals surface area contributed by atoms with Gasteiger partial charge >= 0.3 is 0 Å². The maximum absolute atomic E-state index is 5.90. The van der Waals surface area contributed by atoms with Gasteiger partial charge in [-0.2, -0.15) is 0 Å². The highest BCUT2D eigenvalue weighted by Crippen LogP contribution is 2.43. The lowest BCUT2D eigenvalue weighted by Crippen LogP contribution is -2.22. The van der Waals surface area contributed by atoms with Crippen LogP contribution in [-0.2, 0) is 6.42 Å². The van der Waals surface area contributed by atoms with E-state index in [4.69, 9.17) is 5.73 Å². The van der Waals surface area contributed by atoms with Crippen molar-refractivity contribution in [2.24, 2.45) is 11.1 Å². The Bertz CT molecular complexity index is 392. The molecule has 2 rings (SSSR count). The molecule has 2 atom stereocenters. The van der Waals surface area contributed by atoms with Crippen LogP contribution in [0.1, 0.15) is 63.5 Å². The molecule has 0 spiro atoms. The zero-order valence-corrected chi connectivity index (χ0v) is 12.1. The van der Waals surface area contributed by atoms with E-state index in [9.17, 15) is 0 Å². The van der Waals surface area contributed by atoms with Gasteiger partial charge in [0.2, 0.25) is 0 Å². The molecule has 100 valence electrons. The van der Waals surface area contributed by atoms with Crippen LogP contribution in [0, 0.1) is 5.41 Å². The SMILES string of the molecule is CC(N)Cc1cccc(C2CCCC(C)(C)C2)c1. The van der Waals surface area contributed by atoms with Gasteiger partial charge in [0.25, 0.3) is 0 Å².